The van der Waals surface area contributed by atoms with Gasteiger partial charge >= 0.3 is 0 Å². The second kappa shape index (κ2) is 6.20. The molecular formula is C16H24N2O. The summed E-state index contributed by atoms with van der Waals surface area (Å²) in [7, 11) is 0. The van der Waals surface area contributed by atoms with E-state index in [1.165, 1.54) is 0 Å². The second-order valence-electron chi connectivity index (χ2n) is 5.82. The van der Waals surface area contributed by atoms with E-state index in [0.29, 0.717) is 18.3 Å². The van der Waals surface area contributed by atoms with Crippen LogP contribution in [0.3, 0.4) is 0 Å². The summed E-state index contributed by atoms with van der Waals surface area (Å²) in [6.07, 6.45) is 1.71. The van der Waals surface area contributed by atoms with Crippen LogP contribution in [-0.4, -0.2) is 29.9 Å². The first-order valence-corrected chi connectivity index (χ1v) is 7.16. The molecule has 0 radical (unpaired) electrons. The van der Waals surface area contributed by atoms with Gasteiger partial charge in [-0.3, -0.25) is 4.79 Å². The summed E-state index contributed by atoms with van der Waals surface area (Å²) in [4.78, 5) is 14.3. The number of hydrogen-bond acceptors (Lipinski definition) is 2. The van der Waals surface area contributed by atoms with E-state index in [4.69, 9.17) is 5.73 Å². The quantitative estimate of drug-likeness (QED) is 0.904. The molecule has 2 rings (SSSR count). The van der Waals surface area contributed by atoms with E-state index in [9.17, 15) is 4.79 Å². The molecule has 1 amide bonds. The highest BCUT2D eigenvalue weighted by molar-refractivity contribution is 5.82. The molecule has 0 aromatic heterocycles. The van der Waals surface area contributed by atoms with Crippen molar-refractivity contribution in [3.05, 3.63) is 35.9 Å². The fourth-order valence-electron chi connectivity index (χ4n) is 2.65. The minimum absolute atomic E-state index is 0.0996. The molecule has 0 saturated carbocycles. The van der Waals surface area contributed by atoms with E-state index < -0.39 is 6.04 Å². The van der Waals surface area contributed by atoms with Gasteiger partial charge in [-0.2, -0.15) is 0 Å². The van der Waals surface area contributed by atoms with Crippen LogP contribution in [0.5, 0.6) is 0 Å². The maximum Gasteiger partial charge on any atom is 0.239 e. The van der Waals surface area contributed by atoms with Crippen molar-refractivity contribution in [1.29, 1.82) is 0 Å². The van der Waals surface area contributed by atoms with Crippen molar-refractivity contribution in [2.75, 3.05) is 13.1 Å². The monoisotopic (exact) mass is 260 g/mol. The van der Waals surface area contributed by atoms with Crippen molar-refractivity contribution in [3.8, 4) is 0 Å². The molecule has 2 N–H and O–H groups in total. The van der Waals surface area contributed by atoms with Crippen LogP contribution >= 0.6 is 0 Å². The summed E-state index contributed by atoms with van der Waals surface area (Å²) in [5.41, 5.74) is 7.20. The van der Waals surface area contributed by atoms with Gasteiger partial charge in [0.05, 0.1) is 6.04 Å². The summed E-state index contributed by atoms with van der Waals surface area (Å²) < 4.78 is 0. The number of hydrogen-bond donors (Lipinski definition) is 1. The van der Waals surface area contributed by atoms with Gasteiger partial charge < -0.3 is 10.6 Å². The van der Waals surface area contributed by atoms with Gasteiger partial charge in [0.15, 0.2) is 0 Å². The van der Waals surface area contributed by atoms with Crippen LogP contribution in [0.1, 0.15) is 25.8 Å². The number of rotatable bonds is 3. The molecule has 3 nitrogen and oxygen atoms in total. The van der Waals surface area contributed by atoms with Gasteiger partial charge in [-0.05, 0) is 30.2 Å². The first-order valence-electron chi connectivity index (χ1n) is 7.16. The number of nitrogens with two attached hydrogens (primary N) is 1. The predicted octanol–water partition coefficient (Wildman–Crippen LogP) is 2.06. The third kappa shape index (κ3) is 3.57. The first-order chi connectivity index (χ1) is 9.08. The molecule has 3 heteroatoms. The van der Waals surface area contributed by atoms with Gasteiger partial charge in [-0.15, -0.1) is 0 Å². The van der Waals surface area contributed by atoms with E-state index in [1.54, 1.807) is 0 Å². The molecular weight excluding hydrogens is 236 g/mol. The minimum atomic E-state index is -0.414. The Kier molecular flexibility index (Phi) is 4.59. The number of carbonyl (C=O) groups is 1. The standard InChI is InChI=1S/C16H24N2O/c1-12-8-9-18(11-13(12)2)16(19)15(17)10-14-6-4-3-5-7-14/h3-7,12-13,15H,8-11,17H2,1-2H3. The normalized spacial score (nSPS) is 25.1. The fourth-order valence-corrected chi connectivity index (χ4v) is 2.65. The van der Waals surface area contributed by atoms with Gasteiger partial charge in [0.1, 0.15) is 0 Å². The maximum absolute atomic E-state index is 12.4. The molecule has 104 valence electrons. The molecule has 1 heterocycles. The average Bonchev–Trinajstić information content (AvgIpc) is 2.42. The van der Waals surface area contributed by atoms with E-state index >= 15 is 0 Å². The SMILES string of the molecule is CC1CCN(C(=O)C(N)Cc2ccccc2)CC1C. The Morgan fingerprint density at radius 1 is 1.32 bits per heavy atom. The fraction of sp³-hybridized carbons (Fsp3) is 0.562. The van der Waals surface area contributed by atoms with Crippen molar-refractivity contribution in [1.82, 2.24) is 4.90 Å². The van der Waals surface area contributed by atoms with Crippen LogP contribution in [0.15, 0.2) is 30.3 Å². The molecule has 1 fully saturated rings. The van der Waals surface area contributed by atoms with Crippen molar-refractivity contribution < 1.29 is 4.79 Å². The Balaban J connectivity index is 1.92. The van der Waals surface area contributed by atoms with Crippen molar-refractivity contribution in [3.63, 3.8) is 0 Å². The maximum atomic E-state index is 12.4. The number of nitrogens with zero attached hydrogens (tertiary/aromatic N) is 1. The average molecular weight is 260 g/mol. The predicted molar refractivity (Wildman–Crippen MR) is 77.6 cm³/mol. The number of piperidine rings is 1. The van der Waals surface area contributed by atoms with Crippen LogP contribution in [-0.2, 0) is 11.2 Å². The number of benzene rings is 1. The van der Waals surface area contributed by atoms with E-state index in [1.807, 2.05) is 35.2 Å². The van der Waals surface area contributed by atoms with Gasteiger partial charge in [-0.25, -0.2) is 0 Å². The highest BCUT2D eigenvalue weighted by atomic mass is 16.2. The molecule has 1 aromatic carbocycles. The van der Waals surface area contributed by atoms with Crippen molar-refractivity contribution in [2.24, 2.45) is 17.6 Å². The Labute approximate surface area is 115 Å². The Morgan fingerprint density at radius 2 is 2.00 bits per heavy atom. The largest absolute Gasteiger partial charge is 0.341 e. The van der Waals surface area contributed by atoms with Crippen molar-refractivity contribution in [2.45, 2.75) is 32.7 Å². The molecule has 19 heavy (non-hydrogen) atoms. The molecule has 0 aliphatic carbocycles. The lowest BCUT2D eigenvalue weighted by Gasteiger charge is -2.36. The summed E-state index contributed by atoms with van der Waals surface area (Å²) >= 11 is 0. The number of likely N-dealkylation sites (tertiary alicyclic amines) is 1. The molecule has 0 spiro atoms. The summed E-state index contributed by atoms with van der Waals surface area (Å²) in [5.74, 6) is 1.37. The third-order valence-corrected chi connectivity index (χ3v) is 4.26. The third-order valence-electron chi connectivity index (χ3n) is 4.26. The smallest absolute Gasteiger partial charge is 0.239 e. The van der Waals surface area contributed by atoms with Crippen LogP contribution < -0.4 is 5.73 Å². The molecule has 3 unspecified atom stereocenters. The molecule has 0 bridgehead atoms. The molecule has 1 aliphatic rings. The second-order valence-corrected chi connectivity index (χ2v) is 5.82. The number of amides is 1. The van der Waals surface area contributed by atoms with Gasteiger partial charge in [0, 0.05) is 13.1 Å². The molecule has 1 saturated heterocycles. The van der Waals surface area contributed by atoms with Crippen LogP contribution in [0, 0.1) is 11.8 Å². The van der Waals surface area contributed by atoms with E-state index in [-0.39, 0.29) is 5.91 Å². The Hall–Kier alpha value is -1.35. The lowest BCUT2D eigenvalue weighted by atomic mass is 9.88. The van der Waals surface area contributed by atoms with Gasteiger partial charge in [0.25, 0.3) is 0 Å². The van der Waals surface area contributed by atoms with Crippen LogP contribution in [0.25, 0.3) is 0 Å². The van der Waals surface area contributed by atoms with Crippen molar-refractivity contribution >= 4 is 5.91 Å². The Morgan fingerprint density at radius 3 is 2.63 bits per heavy atom. The topological polar surface area (TPSA) is 46.3 Å². The van der Waals surface area contributed by atoms with Crippen LogP contribution in [0.2, 0.25) is 0 Å². The Bertz CT molecular complexity index is 418. The van der Waals surface area contributed by atoms with E-state index in [0.717, 1.165) is 25.1 Å². The molecule has 3 atom stereocenters. The van der Waals surface area contributed by atoms with Crippen LogP contribution in [0.4, 0.5) is 0 Å². The lowest BCUT2D eigenvalue weighted by molar-refractivity contribution is -0.134. The number of carbonyl (C=O) groups excluding carboxylic acids is 1. The zero-order valence-electron chi connectivity index (χ0n) is 11.9. The highest BCUT2D eigenvalue weighted by Gasteiger charge is 2.28. The van der Waals surface area contributed by atoms with E-state index in [2.05, 4.69) is 13.8 Å². The van der Waals surface area contributed by atoms with Gasteiger partial charge in [-0.1, -0.05) is 44.2 Å². The zero-order valence-corrected chi connectivity index (χ0v) is 11.9. The summed E-state index contributed by atoms with van der Waals surface area (Å²) in [5, 5.41) is 0. The summed E-state index contributed by atoms with van der Waals surface area (Å²) in [6.45, 7) is 6.18. The lowest BCUT2D eigenvalue weighted by Crippen LogP contribution is -2.49. The summed E-state index contributed by atoms with van der Waals surface area (Å²) in [6, 6.07) is 9.57. The zero-order chi connectivity index (χ0) is 13.8. The molecule has 1 aromatic rings. The first kappa shape index (κ1) is 14.1. The van der Waals surface area contributed by atoms with Gasteiger partial charge in [0.2, 0.25) is 5.91 Å². The molecule has 1 aliphatic heterocycles. The minimum Gasteiger partial charge on any atom is -0.341 e. The highest BCUT2D eigenvalue weighted by Crippen LogP contribution is 2.22.